The molecule has 0 aliphatic carbocycles. The lowest BCUT2D eigenvalue weighted by molar-refractivity contribution is -0.132. The molecule has 0 spiro atoms. The molecule has 0 bridgehead atoms. The van der Waals surface area contributed by atoms with Crippen LogP contribution < -0.4 is 5.32 Å². The first-order chi connectivity index (χ1) is 12.5. The van der Waals surface area contributed by atoms with Gasteiger partial charge in [-0.05, 0) is 38.3 Å². The zero-order chi connectivity index (χ0) is 18.5. The lowest BCUT2D eigenvalue weighted by Crippen LogP contribution is -2.38. The number of benzene rings is 2. The van der Waals surface area contributed by atoms with Gasteiger partial charge in [0.05, 0.1) is 19.5 Å². The van der Waals surface area contributed by atoms with Gasteiger partial charge < -0.3 is 10.2 Å². The lowest BCUT2D eigenvalue weighted by atomic mass is 10.0. The number of nitrogens with one attached hydrogen (secondary N) is 1. The van der Waals surface area contributed by atoms with Crippen LogP contribution in [0.4, 0.5) is 0 Å². The molecule has 2 aromatic carbocycles. The van der Waals surface area contributed by atoms with Crippen molar-refractivity contribution in [2.45, 2.75) is 13.0 Å². The Hall–Kier alpha value is -2.18. The van der Waals surface area contributed by atoms with Gasteiger partial charge in [-0.15, -0.1) is 11.3 Å². The molecule has 26 heavy (non-hydrogen) atoms. The van der Waals surface area contributed by atoms with Crippen molar-refractivity contribution >= 4 is 49.9 Å². The molecule has 0 fully saturated rings. The summed E-state index contributed by atoms with van der Waals surface area (Å²) >= 11 is 5.00. The molecule has 0 aliphatic rings. The standard InChI is InChI=1S/C20H19BrN2O2S/c1-23(12-17-10-16(21)13-26-17)20(25)11-22-19(24)9-15-7-4-6-14-5-2-3-8-18(14)15/h2-8,10,13H,9,11-12H2,1H3,(H,22,24). The van der Waals surface area contributed by atoms with Gasteiger partial charge in [0.25, 0.3) is 0 Å². The number of carbonyl (C=O) groups is 2. The van der Waals surface area contributed by atoms with Gasteiger partial charge in [0, 0.05) is 21.8 Å². The van der Waals surface area contributed by atoms with Crippen molar-refractivity contribution in [1.29, 1.82) is 0 Å². The monoisotopic (exact) mass is 430 g/mol. The molecule has 1 heterocycles. The van der Waals surface area contributed by atoms with Gasteiger partial charge in [0.2, 0.25) is 11.8 Å². The van der Waals surface area contributed by atoms with Gasteiger partial charge in [0.15, 0.2) is 0 Å². The number of carbonyl (C=O) groups excluding carboxylic acids is 2. The van der Waals surface area contributed by atoms with E-state index < -0.39 is 0 Å². The third kappa shape index (κ3) is 4.71. The first-order valence-electron chi connectivity index (χ1n) is 8.23. The topological polar surface area (TPSA) is 49.4 Å². The van der Waals surface area contributed by atoms with Crippen molar-refractivity contribution in [2.75, 3.05) is 13.6 Å². The van der Waals surface area contributed by atoms with Gasteiger partial charge in [0.1, 0.15) is 0 Å². The third-order valence-corrected chi connectivity index (χ3v) is 5.79. The Morgan fingerprint density at radius 1 is 1.15 bits per heavy atom. The summed E-state index contributed by atoms with van der Waals surface area (Å²) in [6.45, 7) is 0.543. The number of rotatable bonds is 6. The number of nitrogens with zero attached hydrogens (tertiary/aromatic N) is 1. The largest absolute Gasteiger partial charge is 0.347 e. The minimum Gasteiger partial charge on any atom is -0.347 e. The highest BCUT2D eigenvalue weighted by Crippen LogP contribution is 2.21. The number of thiophene rings is 1. The van der Waals surface area contributed by atoms with E-state index in [-0.39, 0.29) is 24.8 Å². The molecule has 1 aromatic heterocycles. The van der Waals surface area contributed by atoms with Crippen LogP contribution in [-0.2, 0) is 22.6 Å². The molecule has 6 heteroatoms. The third-order valence-electron chi connectivity index (χ3n) is 4.11. The van der Waals surface area contributed by atoms with E-state index in [1.54, 1.807) is 23.3 Å². The van der Waals surface area contributed by atoms with Gasteiger partial charge in [-0.25, -0.2) is 0 Å². The van der Waals surface area contributed by atoms with Crippen LogP contribution in [0.3, 0.4) is 0 Å². The quantitative estimate of drug-likeness (QED) is 0.642. The van der Waals surface area contributed by atoms with Crippen LogP contribution >= 0.6 is 27.3 Å². The number of amides is 2. The van der Waals surface area contributed by atoms with E-state index in [0.29, 0.717) is 6.54 Å². The zero-order valence-electron chi connectivity index (χ0n) is 14.4. The second-order valence-electron chi connectivity index (χ2n) is 6.07. The van der Waals surface area contributed by atoms with E-state index in [1.165, 1.54) is 0 Å². The first-order valence-corrected chi connectivity index (χ1v) is 9.90. The van der Waals surface area contributed by atoms with E-state index in [0.717, 1.165) is 25.7 Å². The number of hydrogen-bond donors (Lipinski definition) is 1. The van der Waals surface area contributed by atoms with E-state index in [1.807, 2.05) is 53.9 Å². The summed E-state index contributed by atoms with van der Waals surface area (Å²) in [5.41, 5.74) is 0.963. The fourth-order valence-corrected chi connectivity index (χ4v) is 4.25. The van der Waals surface area contributed by atoms with E-state index in [2.05, 4.69) is 21.2 Å². The maximum absolute atomic E-state index is 12.3. The molecule has 0 aliphatic heterocycles. The summed E-state index contributed by atoms with van der Waals surface area (Å²) in [6.07, 6.45) is 0.260. The average molecular weight is 431 g/mol. The molecule has 134 valence electrons. The number of fused-ring (bicyclic) bond motifs is 1. The molecule has 0 atom stereocenters. The molecular weight excluding hydrogens is 412 g/mol. The Morgan fingerprint density at radius 3 is 2.69 bits per heavy atom. The zero-order valence-corrected chi connectivity index (χ0v) is 16.8. The summed E-state index contributed by atoms with van der Waals surface area (Å²) in [6, 6.07) is 15.9. The lowest BCUT2D eigenvalue weighted by Gasteiger charge is -2.16. The highest BCUT2D eigenvalue weighted by molar-refractivity contribution is 9.10. The van der Waals surface area contributed by atoms with E-state index >= 15 is 0 Å². The Kier molecular flexibility index (Phi) is 6.06. The molecule has 2 amide bonds. The Labute approximate surface area is 165 Å². The highest BCUT2D eigenvalue weighted by atomic mass is 79.9. The maximum atomic E-state index is 12.3. The smallest absolute Gasteiger partial charge is 0.242 e. The molecule has 0 unspecified atom stereocenters. The molecular formula is C20H19BrN2O2S. The molecule has 0 saturated carbocycles. The van der Waals surface area contributed by atoms with Crippen LogP contribution in [0.25, 0.3) is 10.8 Å². The van der Waals surface area contributed by atoms with E-state index in [9.17, 15) is 9.59 Å². The first kappa shape index (κ1) is 18.6. The molecule has 4 nitrogen and oxygen atoms in total. The fraction of sp³-hybridized carbons (Fsp3) is 0.200. The van der Waals surface area contributed by atoms with Crippen LogP contribution in [0.5, 0.6) is 0 Å². The molecule has 0 radical (unpaired) electrons. The predicted octanol–water partition coefficient (Wildman–Crippen LogP) is 3.98. The van der Waals surface area contributed by atoms with Crippen molar-refractivity contribution < 1.29 is 9.59 Å². The average Bonchev–Trinajstić information content (AvgIpc) is 3.04. The number of hydrogen-bond acceptors (Lipinski definition) is 3. The summed E-state index contributed by atoms with van der Waals surface area (Å²) in [5.74, 6) is -0.261. The van der Waals surface area contributed by atoms with Crippen molar-refractivity contribution in [3.63, 3.8) is 0 Å². The van der Waals surface area contributed by atoms with Gasteiger partial charge in [-0.2, -0.15) is 0 Å². The molecule has 3 rings (SSSR count). The predicted molar refractivity (Wildman–Crippen MR) is 109 cm³/mol. The van der Waals surface area contributed by atoms with Crippen molar-refractivity contribution in [1.82, 2.24) is 10.2 Å². The minimum absolute atomic E-state index is 0.00659. The van der Waals surface area contributed by atoms with Crippen LogP contribution in [0.1, 0.15) is 10.4 Å². The SMILES string of the molecule is CN(Cc1cc(Br)cs1)C(=O)CNC(=O)Cc1cccc2ccccc12. The van der Waals surface area contributed by atoms with Gasteiger partial charge >= 0.3 is 0 Å². The summed E-state index contributed by atoms with van der Waals surface area (Å²) in [7, 11) is 1.74. The maximum Gasteiger partial charge on any atom is 0.242 e. The summed E-state index contributed by atoms with van der Waals surface area (Å²) in [5, 5.41) is 6.89. The number of likely N-dealkylation sites (N-methyl/N-ethyl adjacent to an activating group) is 1. The van der Waals surface area contributed by atoms with E-state index in [4.69, 9.17) is 0 Å². The van der Waals surface area contributed by atoms with Crippen molar-refractivity contribution in [2.24, 2.45) is 0 Å². The van der Waals surface area contributed by atoms with Crippen LogP contribution in [0.15, 0.2) is 58.4 Å². The highest BCUT2D eigenvalue weighted by Gasteiger charge is 2.13. The Morgan fingerprint density at radius 2 is 1.92 bits per heavy atom. The van der Waals surface area contributed by atoms with Crippen molar-refractivity contribution in [3.8, 4) is 0 Å². The molecule has 1 N–H and O–H groups in total. The number of halogens is 1. The van der Waals surface area contributed by atoms with Crippen molar-refractivity contribution in [3.05, 3.63) is 68.8 Å². The summed E-state index contributed by atoms with van der Waals surface area (Å²) < 4.78 is 1.02. The summed E-state index contributed by atoms with van der Waals surface area (Å²) in [4.78, 5) is 27.2. The molecule has 0 saturated heterocycles. The Bertz CT molecular complexity index is 933. The Balaban J connectivity index is 1.54. The van der Waals surface area contributed by atoms with Gasteiger partial charge in [-0.1, -0.05) is 42.5 Å². The van der Waals surface area contributed by atoms with Crippen LogP contribution in [0.2, 0.25) is 0 Å². The normalized spacial score (nSPS) is 10.7. The second-order valence-corrected chi connectivity index (χ2v) is 7.98. The fourth-order valence-electron chi connectivity index (χ4n) is 2.75. The second kappa shape index (κ2) is 8.47. The minimum atomic E-state index is -0.151. The van der Waals surface area contributed by atoms with Gasteiger partial charge in [-0.3, -0.25) is 9.59 Å². The molecule has 3 aromatic rings. The van der Waals surface area contributed by atoms with Crippen LogP contribution in [0, 0.1) is 0 Å². The van der Waals surface area contributed by atoms with Crippen LogP contribution in [-0.4, -0.2) is 30.3 Å².